The molecule has 0 aliphatic heterocycles. The van der Waals surface area contributed by atoms with Gasteiger partial charge in [0.05, 0.1) is 13.0 Å². The van der Waals surface area contributed by atoms with Crippen LogP contribution < -0.4 is 4.74 Å². The van der Waals surface area contributed by atoms with E-state index in [0.29, 0.717) is 0 Å². The van der Waals surface area contributed by atoms with E-state index in [1.807, 2.05) is 0 Å². The van der Waals surface area contributed by atoms with Gasteiger partial charge in [-0.1, -0.05) is 0 Å². The maximum absolute atomic E-state index is 13.3. The van der Waals surface area contributed by atoms with E-state index in [2.05, 4.69) is 0 Å². The molecular weight excluding hydrogens is 203 g/mol. The van der Waals surface area contributed by atoms with Gasteiger partial charge in [0.1, 0.15) is 5.82 Å². The van der Waals surface area contributed by atoms with Crippen LogP contribution in [-0.2, 0) is 4.79 Å². The van der Waals surface area contributed by atoms with E-state index >= 15 is 0 Å². The monoisotopic (exact) mass is 214 g/mol. The number of rotatable bonds is 3. The van der Waals surface area contributed by atoms with Crippen molar-refractivity contribution in [2.75, 3.05) is 7.11 Å². The SMILES string of the molecule is COc1cc(C(C)C(=O)O)c(F)cc1O. The van der Waals surface area contributed by atoms with Gasteiger partial charge in [-0.25, -0.2) is 4.39 Å². The zero-order chi connectivity index (χ0) is 11.6. The summed E-state index contributed by atoms with van der Waals surface area (Å²) in [6.45, 7) is 1.36. The smallest absolute Gasteiger partial charge is 0.310 e. The van der Waals surface area contributed by atoms with E-state index in [0.717, 1.165) is 6.07 Å². The van der Waals surface area contributed by atoms with Crippen molar-refractivity contribution in [2.24, 2.45) is 0 Å². The predicted octanol–water partition coefficient (Wildman–Crippen LogP) is 1.73. The Hall–Kier alpha value is -1.78. The van der Waals surface area contributed by atoms with Crippen LogP contribution in [0.15, 0.2) is 12.1 Å². The highest BCUT2D eigenvalue weighted by molar-refractivity contribution is 5.76. The number of phenolic OH excluding ortho intramolecular Hbond substituents is 1. The molecule has 82 valence electrons. The lowest BCUT2D eigenvalue weighted by Gasteiger charge is -2.11. The highest BCUT2D eigenvalue weighted by atomic mass is 19.1. The molecule has 0 saturated carbocycles. The van der Waals surface area contributed by atoms with Crippen molar-refractivity contribution in [3.8, 4) is 11.5 Å². The van der Waals surface area contributed by atoms with Gasteiger partial charge in [-0.15, -0.1) is 0 Å². The average molecular weight is 214 g/mol. The minimum Gasteiger partial charge on any atom is -0.504 e. The molecule has 0 fully saturated rings. The van der Waals surface area contributed by atoms with Gasteiger partial charge >= 0.3 is 5.97 Å². The second-order valence-electron chi connectivity index (χ2n) is 3.11. The van der Waals surface area contributed by atoms with Gasteiger partial charge in [0.25, 0.3) is 0 Å². The topological polar surface area (TPSA) is 66.8 Å². The Kier molecular flexibility index (Phi) is 3.14. The molecule has 15 heavy (non-hydrogen) atoms. The van der Waals surface area contributed by atoms with Crippen molar-refractivity contribution in [2.45, 2.75) is 12.8 Å². The third-order valence-corrected chi connectivity index (χ3v) is 2.14. The minimum absolute atomic E-state index is 0.0165. The zero-order valence-electron chi connectivity index (χ0n) is 8.32. The molecule has 1 aromatic rings. The van der Waals surface area contributed by atoms with Gasteiger partial charge in [0, 0.05) is 11.6 Å². The summed E-state index contributed by atoms with van der Waals surface area (Å²) in [5, 5.41) is 17.9. The fourth-order valence-corrected chi connectivity index (χ4v) is 1.19. The van der Waals surface area contributed by atoms with E-state index in [4.69, 9.17) is 9.84 Å². The highest BCUT2D eigenvalue weighted by Crippen LogP contribution is 2.32. The molecular formula is C10H11FO4. The van der Waals surface area contributed by atoms with Crippen LogP contribution in [0.4, 0.5) is 4.39 Å². The lowest BCUT2D eigenvalue weighted by Crippen LogP contribution is -2.09. The standard InChI is InChI=1S/C10H11FO4/c1-5(10(13)14)6-3-9(15-2)8(12)4-7(6)11/h3-5,12H,1-2H3,(H,13,14). The normalized spacial score (nSPS) is 12.2. The van der Waals surface area contributed by atoms with Gasteiger partial charge < -0.3 is 14.9 Å². The maximum Gasteiger partial charge on any atom is 0.310 e. The van der Waals surface area contributed by atoms with Gasteiger partial charge in [-0.3, -0.25) is 4.79 Å². The molecule has 2 N–H and O–H groups in total. The number of hydrogen-bond acceptors (Lipinski definition) is 3. The number of methoxy groups -OCH3 is 1. The predicted molar refractivity (Wildman–Crippen MR) is 50.7 cm³/mol. The molecule has 4 nitrogen and oxygen atoms in total. The van der Waals surface area contributed by atoms with E-state index in [1.165, 1.54) is 20.1 Å². The van der Waals surface area contributed by atoms with Crippen LogP contribution in [0.2, 0.25) is 0 Å². The summed E-state index contributed by atoms with van der Waals surface area (Å²) in [4.78, 5) is 10.7. The number of phenols is 1. The quantitative estimate of drug-likeness (QED) is 0.804. The Labute approximate surface area is 85.9 Å². The molecule has 0 amide bonds. The van der Waals surface area contributed by atoms with E-state index in [-0.39, 0.29) is 17.1 Å². The zero-order valence-corrected chi connectivity index (χ0v) is 8.32. The molecule has 0 spiro atoms. The minimum atomic E-state index is -1.14. The molecule has 1 rings (SSSR count). The number of ether oxygens (including phenoxy) is 1. The lowest BCUT2D eigenvalue weighted by atomic mass is 10.0. The van der Waals surface area contributed by atoms with Crippen molar-refractivity contribution in [3.63, 3.8) is 0 Å². The van der Waals surface area contributed by atoms with Crippen LogP contribution in [0.1, 0.15) is 18.4 Å². The molecule has 1 unspecified atom stereocenters. The number of halogens is 1. The number of aromatic hydroxyl groups is 1. The first-order valence-corrected chi connectivity index (χ1v) is 4.26. The third kappa shape index (κ3) is 2.18. The van der Waals surface area contributed by atoms with Crippen molar-refractivity contribution in [1.29, 1.82) is 0 Å². The lowest BCUT2D eigenvalue weighted by molar-refractivity contribution is -0.138. The van der Waals surface area contributed by atoms with Gasteiger partial charge in [0.2, 0.25) is 0 Å². The summed E-state index contributed by atoms with van der Waals surface area (Å²) < 4.78 is 18.1. The Morgan fingerprint density at radius 2 is 2.13 bits per heavy atom. The van der Waals surface area contributed by atoms with Crippen LogP contribution in [0.3, 0.4) is 0 Å². The van der Waals surface area contributed by atoms with Gasteiger partial charge in [0.15, 0.2) is 11.5 Å². The van der Waals surface area contributed by atoms with E-state index < -0.39 is 17.7 Å². The van der Waals surface area contributed by atoms with Crippen molar-refractivity contribution >= 4 is 5.97 Å². The molecule has 0 aliphatic carbocycles. The van der Waals surface area contributed by atoms with Crippen molar-refractivity contribution in [3.05, 3.63) is 23.5 Å². The first-order chi connectivity index (χ1) is 6.97. The summed E-state index contributed by atoms with van der Waals surface area (Å²) in [6.07, 6.45) is 0. The fraction of sp³-hybridized carbons (Fsp3) is 0.300. The molecule has 1 aromatic carbocycles. The van der Waals surface area contributed by atoms with Crippen LogP contribution in [0.25, 0.3) is 0 Å². The Bertz CT molecular complexity index is 389. The number of benzene rings is 1. The van der Waals surface area contributed by atoms with E-state index in [9.17, 15) is 14.3 Å². The molecule has 0 heterocycles. The van der Waals surface area contributed by atoms with E-state index in [1.54, 1.807) is 0 Å². The number of aliphatic carboxylic acids is 1. The van der Waals surface area contributed by atoms with Crippen LogP contribution in [0.5, 0.6) is 11.5 Å². The van der Waals surface area contributed by atoms with Crippen LogP contribution in [-0.4, -0.2) is 23.3 Å². The first kappa shape index (κ1) is 11.3. The van der Waals surface area contributed by atoms with Crippen LogP contribution in [0, 0.1) is 5.82 Å². The molecule has 1 atom stereocenters. The number of carboxylic acid groups (broad SMARTS) is 1. The largest absolute Gasteiger partial charge is 0.504 e. The molecule has 0 aromatic heterocycles. The fourth-order valence-electron chi connectivity index (χ4n) is 1.19. The van der Waals surface area contributed by atoms with Gasteiger partial charge in [-0.05, 0) is 13.0 Å². The number of carbonyl (C=O) groups is 1. The summed E-state index contributed by atoms with van der Waals surface area (Å²) in [6, 6.07) is 2.02. The molecule has 0 aliphatic rings. The third-order valence-electron chi connectivity index (χ3n) is 2.14. The highest BCUT2D eigenvalue weighted by Gasteiger charge is 2.20. The maximum atomic E-state index is 13.3. The molecule has 0 saturated heterocycles. The Balaban J connectivity index is 3.24. The average Bonchev–Trinajstić information content (AvgIpc) is 2.17. The summed E-state index contributed by atoms with van der Waals surface area (Å²) in [5.41, 5.74) is -0.0165. The van der Waals surface area contributed by atoms with Gasteiger partial charge in [-0.2, -0.15) is 0 Å². The summed E-state index contributed by atoms with van der Waals surface area (Å²) in [7, 11) is 1.31. The molecule has 0 radical (unpaired) electrons. The Morgan fingerprint density at radius 3 is 2.60 bits per heavy atom. The molecule has 5 heteroatoms. The number of hydrogen-bond donors (Lipinski definition) is 2. The second-order valence-corrected chi connectivity index (χ2v) is 3.11. The Morgan fingerprint density at radius 1 is 1.53 bits per heavy atom. The molecule has 0 bridgehead atoms. The summed E-state index contributed by atoms with van der Waals surface area (Å²) >= 11 is 0. The second kappa shape index (κ2) is 4.16. The van der Waals surface area contributed by atoms with Crippen LogP contribution >= 0.6 is 0 Å². The summed E-state index contributed by atoms with van der Waals surface area (Å²) in [5.74, 6) is -3.18. The first-order valence-electron chi connectivity index (χ1n) is 4.26. The van der Waals surface area contributed by atoms with Crippen molar-refractivity contribution in [1.82, 2.24) is 0 Å². The number of carboxylic acids is 1. The van der Waals surface area contributed by atoms with Crippen molar-refractivity contribution < 1.29 is 24.1 Å².